The van der Waals surface area contributed by atoms with E-state index in [1.165, 1.54) is 0 Å². The minimum absolute atomic E-state index is 0.0187. The van der Waals surface area contributed by atoms with E-state index >= 15 is 0 Å². The van der Waals surface area contributed by atoms with E-state index in [1.807, 2.05) is 0 Å². The molecule has 0 radical (unpaired) electrons. The number of benzene rings is 1. The molecule has 21 heavy (non-hydrogen) atoms. The van der Waals surface area contributed by atoms with Crippen LogP contribution < -0.4 is 10.5 Å². The molecule has 1 aromatic carbocycles. The molecular formula is C11H14ClFN2O4S2. The summed E-state index contributed by atoms with van der Waals surface area (Å²) >= 11 is 5.56. The molecule has 10 heteroatoms. The van der Waals surface area contributed by atoms with Crippen molar-refractivity contribution < 1.29 is 21.2 Å². The second-order valence-electron chi connectivity index (χ2n) is 4.94. The van der Waals surface area contributed by atoms with Gasteiger partial charge in [0.1, 0.15) is 4.90 Å². The van der Waals surface area contributed by atoms with Gasteiger partial charge in [-0.3, -0.25) is 0 Å². The van der Waals surface area contributed by atoms with Crippen LogP contribution in [0.4, 0.5) is 10.1 Å². The lowest BCUT2D eigenvalue weighted by atomic mass is 10.1. The number of sulfonamides is 1. The molecule has 1 aliphatic heterocycles. The molecule has 0 aliphatic carbocycles. The van der Waals surface area contributed by atoms with E-state index in [0.29, 0.717) is 6.42 Å². The minimum atomic E-state index is -4.14. The van der Waals surface area contributed by atoms with E-state index in [9.17, 15) is 21.2 Å². The average Bonchev–Trinajstić information content (AvgIpc) is 2.71. The Morgan fingerprint density at radius 3 is 2.67 bits per heavy atom. The Hall–Kier alpha value is -0.900. The van der Waals surface area contributed by atoms with Gasteiger partial charge in [0.05, 0.1) is 16.5 Å². The molecule has 0 saturated carbocycles. The Kier molecular flexibility index (Phi) is 4.48. The van der Waals surface area contributed by atoms with Crippen molar-refractivity contribution >= 4 is 37.1 Å². The number of hydrogen-bond donors (Lipinski definition) is 2. The van der Waals surface area contributed by atoms with Gasteiger partial charge in [0.15, 0.2) is 15.7 Å². The maximum atomic E-state index is 13.8. The molecule has 0 bridgehead atoms. The van der Waals surface area contributed by atoms with Gasteiger partial charge in [-0.1, -0.05) is 11.6 Å². The molecule has 1 atom stereocenters. The number of hydrogen-bond acceptors (Lipinski definition) is 5. The Morgan fingerprint density at radius 2 is 2.10 bits per heavy atom. The molecule has 1 fully saturated rings. The monoisotopic (exact) mass is 356 g/mol. The van der Waals surface area contributed by atoms with Gasteiger partial charge >= 0.3 is 0 Å². The summed E-state index contributed by atoms with van der Waals surface area (Å²) in [6.45, 7) is -0.0760. The summed E-state index contributed by atoms with van der Waals surface area (Å²) in [5.41, 5.74) is 5.47. The van der Waals surface area contributed by atoms with Crippen LogP contribution >= 0.6 is 11.6 Å². The molecule has 0 aromatic heterocycles. The lowest BCUT2D eigenvalue weighted by Gasteiger charge is -2.12. The summed E-state index contributed by atoms with van der Waals surface area (Å²) in [5.74, 6) is -1.44. The second-order valence-corrected chi connectivity index (χ2v) is 9.31. The van der Waals surface area contributed by atoms with Gasteiger partial charge in [0, 0.05) is 12.2 Å². The molecule has 1 saturated heterocycles. The predicted octanol–water partition coefficient (Wildman–Crippen LogP) is 0.774. The number of nitrogens with two attached hydrogens (primary N) is 1. The predicted molar refractivity (Wildman–Crippen MR) is 77.8 cm³/mol. The van der Waals surface area contributed by atoms with E-state index < -0.39 is 30.6 Å². The highest BCUT2D eigenvalue weighted by molar-refractivity contribution is 7.91. The third-order valence-corrected chi connectivity index (χ3v) is 6.73. The molecule has 6 nitrogen and oxygen atoms in total. The second kappa shape index (κ2) is 5.71. The van der Waals surface area contributed by atoms with Crippen LogP contribution in [0.25, 0.3) is 0 Å². The molecule has 1 heterocycles. The molecule has 2 rings (SSSR count). The van der Waals surface area contributed by atoms with Gasteiger partial charge in [-0.05, 0) is 24.5 Å². The summed E-state index contributed by atoms with van der Waals surface area (Å²) in [5, 5.41) is -0.390. The Bertz CT molecular complexity index is 765. The van der Waals surface area contributed by atoms with Gasteiger partial charge in [0.25, 0.3) is 0 Å². The van der Waals surface area contributed by atoms with Crippen LogP contribution in [0.5, 0.6) is 0 Å². The first-order valence-electron chi connectivity index (χ1n) is 6.05. The van der Waals surface area contributed by atoms with Crippen LogP contribution in [-0.2, 0) is 19.9 Å². The van der Waals surface area contributed by atoms with Gasteiger partial charge in [-0.25, -0.2) is 25.9 Å². The quantitative estimate of drug-likeness (QED) is 0.775. The fraction of sp³-hybridized carbons (Fsp3) is 0.455. The van der Waals surface area contributed by atoms with E-state index in [0.717, 1.165) is 12.1 Å². The molecule has 1 unspecified atom stereocenters. The van der Waals surface area contributed by atoms with E-state index in [1.54, 1.807) is 0 Å². The number of halogens is 2. The standard InChI is InChI=1S/C11H14ClFN2O4S2/c12-9-3-8(14)4-10(11(9)13)21(18,19)15-5-7-1-2-20(16,17)6-7/h3-4,7,15H,1-2,5-6,14H2. The van der Waals surface area contributed by atoms with Crippen LogP contribution in [0.1, 0.15) is 6.42 Å². The normalized spacial score (nSPS) is 21.5. The lowest BCUT2D eigenvalue weighted by molar-refractivity contribution is 0.532. The summed E-state index contributed by atoms with van der Waals surface area (Å²) in [7, 11) is -7.24. The van der Waals surface area contributed by atoms with Crippen molar-refractivity contribution in [3.63, 3.8) is 0 Å². The fourth-order valence-corrected chi connectivity index (χ4v) is 5.51. The molecule has 0 spiro atoms. The van der Waals surface area contributed by atoms with Crippen LogP contribution in [0, 0.1) is 11.7 Å². The zero-order valence-corrected chi connectivity index (χ0v) is 13.2. The van der Waals surface area contributed by atoms with Crippen molar-refractivity contribution in [2.45, 2.75) is 11.3 Å². The summed E-state index contributed by atoms with van der Waals surface area (Å²) in [4.78, 5) is -0.645. The van der Waals surface area contributed by atoms with E-state index in [4.69, 9.17) is 17.3 Å². The zero-order chi connectivity index (χ0) is 15.8. The van der Waals surface area contributed by atoms with E-state index in [2.05, 4.69) is 4.72 Å². The molecule has 1 aromatic rings. The van der Waals surface area contributed by atoms with Gasteiger partial charge in [0.2, 0.25) is 10.0 Å². The van der Waals surface area contributed by atoms with E-state index in [-0.39, 0.29) is 34.7 Å². The highest BCUT2D eigenvalue weighted by Crippen LogP contribution is 2.26. The van der Waals surface area contributed by atoms with Crippen molar-refractivity contribution in [3.05, 3.63) is 23.0 Å². The molecule has 0 amide bonds. The first-order chi connectivity index (χ1) is 9.61. The first-order valence-corrected chi connectivity index (χ1v) is 9.73. The smallest absolute Gasteiger partial charge is 0.243 e. The number of anilines is 1. The molecule has 118 valence electrons. The molecule has 1 aliphatic rings. The summed E-state index contributed by atoms with van der Waals surface area (Å²) in [6, 6.07) is 2.08. The average molecular weight is 357 g/mol. The molecule has 3 N–H and O–H groups in total. The highest BCUT2D eigenvalue weighted by atomic mass is 35.5. The summed E-state index contributed by atoms with van der Waals surface area (Å²) < 4.78 is 62.7. The number of nitrogen functional groups attached to an aromatic ring is 1. The summed E-state index contributed by atoms with van der Waals surface area (Å²) in [6.07, 6.45) is 0.380. The van der Waals surface area contributed by atoms with Crippen molar-refractivity contribution in [2.75, 3.05) is 23.8 Å². The van der Waals surface area contributed by atoms with Crippen molar-refractivity contribution in [1.29, 1.82) is 0 Å². The zero-order valence-electron chi connectivity index (χ0n) is 10.8. The maximum absolute atomic E-state index is 13.8. The first kappa shape index (κ1) is 16.5. The third-order valence-electron chi connectivity index (χ3n) is 3.20. The SMILES string of the molecule is Nc1cc(Cl)c(F)c(S(=O)(=O)NCC2CCS(=O)(=O)C2)c1. The van der Waals surface area contributed by atoms with Gasteiger partial charge in [-0.15, -0.1) is 0 Å². The minimum Gasteiger partial charge on any atom is -0.399 e. The Morgan fingerprint density at radius 1 is 1.43 bits per heavy atom. The van der Waals surface area contributed by atoms with Crippen LogP contribution in [-0.4, -0.2) is 34.9 Å². The van der Waals surface area contributed by atoms with Crippen LogP contribution in [0.15, 0.2) is 17.0 Å². The van der Waals surface area contributed by atoms with Crippen LogP contribution in [0.3, 0.4) is 0 Å². The number of sulfone groups is 1. The van der Waals surface area contributed by atoms with Crippen molar-refractivity contribution in [2.24, 2.45) is 5.92 Å². The Labute approximate surface area is 127 Å². The largest absolute Gasteiger partial charge is 0.399 e. The maximum Gasteiger partial charge on any atom is 0.243 e. The lowest BCUT2D eigenvalue weighted by Crippen LogP contribution is -2.30. The number of rotatable bonds is 4. The highest BCUT2D eigenvalue weighted by Gasteiger charge is 2.30. The van der Waals surface area contributed by atoms with Crippen molar-refractivity contribution in [3.8, 4) is 0 Å². The fourth-order valence-electron chi connectivity index (χ4n) is 2.12. The number of nitrogens with one attached hydrogen (secondary N) is 1. The Balaban J connectivity index is 2.16. The van der Waals surface area contributed by atoms with Gasteiger partial charge in [-0.2, -0.15) is 0 Å². The van der Waals surface area contributed by atoms with Crippen LogP contribution in [0.2, 0.25) is 5.02 Å². The van der Waals surface area contributed by atoms with Crippen molar-refractivity contribution in [1.82, 2.24) is 4.72 Å². The molecular weight excluding hydrogens is 343 g/mol. The third kappa shape index (κ3) is 3.85. The topological polar surface area (TPSA) is 106 Å². The van der Waals surface area contributed by atoms with Gasteiger partial charge < -0.3 is 5.73 Å².